The summed E-state index contributed by atoms with van der Waals surface area (Å²) in [5.41, 5.74) is 2.22. The Labute approximate surface area is 117 Å². The monoisotopic (exact) mass is 334 g/mol. The standard InChI is InChI=1S/C12H9BrCl2S/c1-7-2-3-8(14)6-9(7)11(15)12-10(13)4-5-16-12/h2-6,11H,1H3. The first-order valence-electron chi connectivity index (χ1n) is 4.72. The van der Waals surface area contributed by atoms with Gasteiger partial charge in [-0.1, -0.05) is 17.7 Å². The maximum absolute atomic E-state index is 6.48. The molecule has 0 radical (unpaired) electrons. The van der Waals surface area contributed by atoms with Crippen LogP contribution in [0.3, 0.4) is 0 Å². The summed E-state index contributed by atoms with van der Waals surface area (Å²) in [5.74, 6) is 0. The topological polar surface area (TPSA) is 0 Å². The molecule has 0 fully saturated rings. The molecule has 1 unspecified atom stereocenters. The Morgan fingerprint density at radius 2 is 2.06 bits per heavy atom. The first-order chi connectivity index (χ1) is 7.59. The number of alkyl halides is 1. The number of aryl methyl sites for hydroxylation is 1. The molecule has 2 aromatic rings. The largest absolute Gasteiger partial charge is 0.146 e. The molecular weight excluding hydrogens is 327 g/mol. The normalized spacial score (nSPS) is 12.8. The van der Waals surface area contributed by atoms with Gasteiger partial charge in [0, 0.05) is 14.4 Å². The van der Waals surface area contributed by atoms with Crippen molar-refractivity contribution in [2.45, 2.75) is 12.3 Å². The van der Waals surface area contributed by atoms with Crippen LogP contribution in [0, 0.1) is 6.92 Å². The second-order valence-electron chi connectivity index (χ2n) is 3.50. The Hall–Kier alpha value is -0.0200. The van der Waals surface area contributed by atoms with Crippen molar-refractivity contribution in [1.29, 1.82) is 0 Å². The molecule has 1 atom stereocenters. The van der Waals surface area contributed by atoms with Gasteiger partial charge in [-0.05, 0) is 57.6 Å². The molecule has 0 amide bonds. The first kappa shape index (κ1) is 12.4. The summed E-state index contributed by atoms with van der Waals surface area (Å²) < 4.78 is 1.05. The Bertz CT molecular complexity index is 507. The van der Waals surface area contributed by atoms with Crippen molar-refractivity contribution in [3.63, 3.8) is 0 Å². The zero-order chi connectivity index (χ0) is 11.7. The van der Waals surface area contributed by atoms with Crippen LogP contribution in [-0.2, 0) is 0 Å². The molecule has 84 valence electrons. The van der Waals surface area contributed by atoms with Gasteiger partial charge >= 0.3 is 0 Å². The second-order valence-corrected chi connectivity index (χ2v) is 6.17. The number of benzene rings is 1. The summed E-state index contributed by atoms with van der Waals surface area (Å²) in [6.07, 6.45) is 0. The molecule has 4 heteroatoms. The Morgan fingerprint density at radius 1 is 1.31 bits per heavy atom. The maximum Gasteiger partial charge on any atom is 0.0942 e. The molecule has 0 N–H and O–H groups in total. The van der Waals surface area contributed by atoms with Crippen molar-refractivity contribution in [3.05, 3.63) is 55.1 Å². The van der Waals surface area contributed by atoms with Crippen LogP contribution in [0.15, 0.2) is 34.1 Å². The van der Waals surface area contributed by atoms with Crippen molar-refractivity contribution in [2.24, 2.45) is 0 Å². The Morgan fingerprint density at radius 3 is 2.69 bits per heavy atom. The molecular formula is C12H9BrCl2S. The summed E-state index contributed by atoms with van der Waals surface area (Å²) in [7, 11) is 0. The van der Waals surface area contributed by atoms with Crippen molar-refractivity contribution in [3.8, 4) is 0 Å². The molecule has 0 saturated carbocycles. The molecule has 1 aromatic carbocycles. The van der Waals surface area contributed by atoms with Gasteiger partial charge in [-0.25, -0.2) is 0 Å². The highest BCUT2D eigenvalue weighted by atomic mass is 79.9. The second kappa shape index (κ2) is 5.09. The van der Waals surface area contributed by atoms with E-state index >= 15 is 0 Å². The number of halogens is 3. The number of hydrogen-bond donors (Lipinski definition) is 0. The van der Waals surface area contributed by atoms with Gasteiger partial charge in [-0.15, -0.1) is 22.9 Å². The molecule has 2 rings (SSSR count). The minimum Gasteiger partial charge on any atom is -0.146 e. The first-order valence-corrected chi connectivity index (χ1v) is 7.21. The minimum atomic E-state index is -0.145. The fourth-order valence-corrected chi connectivity index (χ4v) is 3.93. The van der Waals surface area contributed by atoms with E-state index in [0.717, 1.165) is 25.5 Å². The SMILES string of the molecule is Cc1ccc(Cl)cc1C(Cl)c1sccc1Br. The molecule has 1 heterocycles. The van der Waals surface area contributed by atoms with E-state index < -0.39 is 0 Å². The summed E-state index contributed by atoms with van der Waals surface area (Å²) in [6.45, 7) is 2.04. The zero-order valence-electron chi connectivity index (χ0n) is 8.51. The van der Waals surface area contributed by atoms with Crippen LogP contribution in [0.1, 0.15) is 21.4 Å². The fraction of sp³-hybridized carbons (Fsp3) is 0.167. The number of rotatable bonds is 2. The third kappa shape index (κ3) is 2.45. The van der Waals surface area contributed by atoms with E-state index in [4.69, 9.17) is 23.2 Å². The lowest BCUT2D eigenvalue weighted by Gasteiger charge is -2.12. The summed E-state index contributed by atoms with van der Waals surface area (Å²) in [6, 6.07) is 7.82. The van der Waals surface area contributed by atoms with Crippen LogP contribution in [0.2, 0.25) is 5.02 Å². The lowest BCUT2D eigenvalue weighted by molar-refractivity contribution is 1.14. The van der Waals surface area contributed by atoms with Gasteiger partial charge in [0.2, 0.25) is 0 Å². The Balaban J connectivity index is 2.45. The van der Waals surface area contributed by atoms with Crippen LogP contribution in [0.4, 0.5) is 0 Å². The number of thiophene rings is 1. The predicted molar refractivity (Wildman–Crippen MR) is 75.9 cm³/mol. The lowest BCUT2D eigenvalue weighted by atomic mass is 10.0. The molecule has 0 aliphatic rings. The summed E-state index contributed by atoms with van der Waals surface area (Å²) in [4.78, 5) is 1.12. The van der Waals surface area contributed by atoms with Crippen LogP contribution in [-0.4, -0.2) is 0 Å². The van der Waals surface area contributed by atoms with Crippen LogP contribution < -0.4 is 0 Å². The van der Waals surface area contributed by atoms with Crippen molar-refractivity contribution < 1.29 is 0 Å². The molecule has 0 aliphatic carbocycles. The van der Waals surface area contributed by atoms with Crippen LogP contribution in [0.5, 0.6) is 0 Å². The Kier molecular flexibility index (Phi) is 3.96. The quantitative estimate of drug-likeness (QED) is 0.608. The minimum absolute atomic E-state index is 0.145. The van der Waals surface area contributed by atoms with Crippen LogP contribution >= 0.6 is 50.5 Å². The summed E-state index contributed by atoms with van der Waals surface area (Å²) in [5, 5.41) is 2.60. The van der Waals surface area contributed by atoms with Gasteiger partial charge in [-0.2, -0.15) is 0 Å². The molecule has 0 spiro atoms. The molecule has 0 bridgehead atoms. The van der Waals surface area contributed by atoms with E-state index in [2.05, 4.69) is 15.9 Å². The third-order valence-corrected chi connectivity index (χ3v) is 5.14. The third-order valence-electron chi connectivity index (χ3n) is 2.39. The molecule has 16 heavy (non-hydrogen) atoms. The van der Waals surface area contributed by atoms with E-state index in [9.17, 15) is 0 Å². The fourth-order valence-electron chi connectivity index (χ4n) is 1.51. The average molecular weight is 336 g/mol. The van der Waals surface area contributed by atoms with Crippen molar-refractivity contribution in [2.75, 3.05) is 0 Å². The van der Waals surface area contributed by atoms with Gasteiger partial charge in [-0.3, -0.25) is 0 Å². The van der Waals surface area contributed by atoms with E-state index in [0.29, 0.717) is 0 Å². The van der Waals surface area contributed by atoms with Crippen molar-refractivity contribution in [1.82, 2.24) is 0 Å². The van der Waals surface area contributed by atoms with Gasteiger partial charge < -0.3 is 0 Å². The van der Waals surface area contributed by atoms with Gasteiger partial charge in [0.05, 0.1) is 5.38 Å². The molecule has 0 nitrogen and oxygen atoms in total. The van der Waals surface area contributed by atoms with Gasteiger partial charge in [0.25, 0.3) is 0 Å². The molecule has 0 aliphatic heterocycles. The maximum atomic E-state index is 6.48. The number of hydrogen-bond acceptors (Lipinski definition) is 1. The molecule has 1 aromatic heterocycles. The predicted octanol–water partition coefficient (Wildman–Crippen LogP) is 5.80. The zero-order valence-corrected chi connectivity index (χ0v) is 12.4. The highest BCUT2D eigenvalue weighted by Crippen LogP contribution is 2.39. The highest BCUT2D eigenvalue weighted by molar-refractivity contribution is 9.10. The van der Waals surface area contributed by atoms with Crippen molar-refractivity contribution >= 4 is 50.5 Å². The van der Waals surface area contributed by atoms with Gasteiger partial charge in [0.15, 0.2) is 0 Å². The lowest BCUT2D eigenvalue weighted by Crippen LogP contribution is -1.94. The van der Waals surface area contributed by atoms with E-state index in [1.54, 1.807) is 11.3 Å². The highest BCUT2D eigenvalue weighted by Gasteiger charge is 2.17. The average Bonchev–Trinajstić information content (AvgIpc) is 2.67. The van der Waals surface area contributed by atoms with Gasteiger partial charge in [0.1, 0.15) is 0 Å². The smallest absolute Gasteiger partial charge is 0.0942 e. The van der Waals surface area contributed by atoms with E-state index in [1.165, 1.54) is 0 Å². The van der Waals surface area contributed by atoms with E-state index in [1.807, 2.05) is 36.6 Å². The van der Waals surface area contributed by atoms with Crippen LogP contribution in [0.25, 0.3) is 0 Å². The molecule has 0 saturated heterocycles. The summed E-state index contributed by atoms with van der Waals surface area (Å²) >= 11 is 17.6. The van der Waals surface area contributed by atoms with E-state index in [-0.39, 0.29) is 5.38 Å².